The Labute approximate surface area is 219 Å². The second-order valence-corrected chi connectivity index (χ2v) is 11.8. The van der Waals surface area contributed by atoms with Crippen molar-refractivity contribution in [3.05, 3.63) is 74.1 Å². The van der Waals surface area contributed by atoms with Crippen LogP contribution in [0.5, 0.6) is 0 Å². The second-order valence-electron chi connectivity index (χ2n) is 10.6. The number of thiazole rings is 1. The molecule has 192 valence electrons. The minimum absolute atomic E-state index is 0.0200. The zero-order chi connectivity index (χ0) is 26.3. The molecule has 2 N–H and O–H groups in total. The average Bonchev–Trinajstić information content (AvgIpc) is 3.42. The summed E-state index contributed by atoms with van der Waals surface area (Å²) >= 11 is 1.45. The Bertz CT molecular complexity index is 1510. The molecule has 1 aromatic carbocycles. The first-order valence-electron chi connectivity index (χ1n) is 12.3. The summed E-state index contributed by atoms with van der Waals surface area (Å²) in [5, 5.41) is 15.1. The summed E-state index contributed by atoms with van der Waals surface area (Å²) in [4.78, 5) is 33.3. The number of carbonyl (C=O) groups excluding carboxylic acids is 1. The molecule has 0 amide bonds. The number of fused-ring (bicyclic) bond motifs is 1. The van der Waals surface area contributed by atoms with Crippen molar-refractivity contribution < 1.29 is 4.79 Å². The third kappa shape index (κ3) is 5.40. The van der Waals surface area contributed by atoms with E-state index in [1.807, 2.05) is 41.9 Å². The molecule has 0 spiro atoms. The van der Waals surface area contributed by atoms with Gasteiger partial charge in [0.15, 0.2) is 11.6 Å². The fourth-order valence-corrected chi connectivity index (χ4v) is 5.21. The van der Waals surface area contributed by atoms with E-state index in [9.17, 15) is 9.59 Å². The molecule has 1 aliphatic rings. The Kier molecular flexibility index (Phi) is 6.55. The summed E-state index contributed by atoms with van der Waals surface area (Å²) < 4.78 is 1.96. The maximum Gasteiger partial charge on any atom is 0.287 e. The van der Waals surface area contributed by atoms with Gasteiger partial charge in [-0.1, -0.05) is 45.0 Å². The molecular weight excluding hydrogens is 486 g/mol. The molecule has 0 radical (unpaired) electrons. The smallest absolute Gasteiger partial charge is 0.287 e. The van der Waals surface area contributed by atoms with Crippen LogP contribution >= 0.6 is 11.3 Å². The number of likely N-dealkylation sites (N-methyl/N-ethyl adjacent to an activating group) is 1. The summed E-state index contributed by atoms with van der Waals surface area (Å²) in [6.45, 7) is 11.0. The maximum atomic E-state index is 13.0. The molecule has 4 heterocycles. The fraction of sp³-hybridized carbons (Fsp3) is 0.370. The van der Waals surface area contributed by atoms with Crippen LogP contribution in [0.25, 0.3) is 10.7 Å². The number of carbonyl (C=O) groups is 1. The lowest BCUT2D eigenvalue weighted by molar-refractivity contribution is 0.0992. The van der Waals surface area contributed by atoms with Crippen LogP contribution in [0, 0.1) is 6.92 Å². The molecule has 0 saturated heterocycles. The van der Waals surface area contributed by atoms with E-state index in [1.165, 1.54) is 16.9 Å². The molecule has 0 atom stereocenters. The summed E-state index contributed by atoms with van der Waals surface area (Å²) in [5.74, 6) is 0.638. The number of hydrogen-bond acceptors (Lipinski definition) is 8. The lowest BCUT2D eigenvalue weighted by Crippen LogP contribution is -2.30. The van der Waals surface area contributed by atoms with Crippen molar-refractivity contribution in [3.63, 3.8) is 0 Å². The minimum atomic E-state index is -0.339. The van der Waals surface area contributed by atoms with Crippen molar-refractivity contribution in [1.82, 2.24) is 29.9 Å². The molecule has 5 rings (SSSR count). The van der Waals surface area contributed by atoms with Gasteiger partial charge in [0, 0.05) is 29.6 Å². The van der Waals surface area contributed by atoms with Crippen LogP contribution in [0.15, 0.2) is 41.2 Å². The third-order valence-electron chi connectivity index (χ3n) is 6.57. The number of Topliss-reactive ketones (excluding diaryl/α,β-unsaturated/α-hetero) is 1. The minimum Gasteiger partial charge on any atom is -0.334 e. The topological polar surface area (TPSA) is 109 Å². The van der Waals surface area contributed by atoms with Crippen molar-refractivity contribution >= 4 is 28.6 Å². The lowest BCUT2D eigenvalue weighted by atomic mass is 9.86. The Morgan fingerprint density at radius 3 is 2.65 bits per heavy atom. The predicted octanol–water partition coefficient (Wildman–Crippen LogP) is 4.31. The first-order valence-corrected chi connectivity index (χ1v) is 13.1. The largest absolute Gasteiger partial charge is 0.334 e. The highest BCUT2D eigenvalue weighted by atomic mass is 32.1. The first kappa shape index (κ1) is 25.0. The SMILES string of the molecule is Cc1sc(-c2cc(Nc3cc4n(n3)CCN(C)C4)c(=O)[nH]n2)nc1CC(=O)c1ccc(C(C)(C)C)cc1. The van der Waals surface area contributed by atoms with E-state index in [0.29, 0.717) is 27.8 Å². The normalized spacial score (nSPS) is 14.0. The molecule has 9 nitrogen and oxygen atoms in total. The van der Waals surface area contributed by atoms with Gasteiger partial charge in [0.1, 0.15) is 16.4 Å². The number of rotatable bonds is 6. The molecule has 4 aromatic rings. The standard InChI is InChI=1S/C27H31N7O2S/c1-16-20(14-23(35)17-6-8-18(9-7-17)27(2,3)4)29-26(37-16)22-13-21(25(36)31-30-22)28-24-12-19-15-33(5)10-11-34(19)32-24/h6-9,12-13H,10-11,14-15H2,1-5H3,(H,31,36)(H,28,30,32). The first-order chi connectivity index (χ1) is 17.6. The van der Waals surface area contributed by atoms with Crippen LogP contribution in [0.1, 0.15) is 53.0 Å². The number of nitrogens with zero attached hydrogens (tertiary/aromatic N) is 5. The number of ketones is 1. The third-order valence-corrected chi connectivity index (χ3v) is 7.60. The van der Waals surface area contributed by atoms with Gasteiger partial charge >= 0.3 is 0 Å². The van der Waals surface area contributed by atoms with E-state index in [4.69, 9.17) is 4.98 Å². The molecule has 1 aliphatic heterocycles. The van der Waals surface area contributed by atoms with Gasteiger partial charge in [-0.3, -0.25) is 19.2 Å². The molecule has 0 saturated carbocycles. The number of aromatic amines is 1. The van der Waals surface area contributed by atoms with Crippen LogP contribution in [-0.2, 0) is 24.9 Å². The summed E-state index contributed by atoms with van der Waals surface area (Å²) in [5.41, 5.74) is 4.25. The van der Waals surface area contributed by atoms with E-state index >= 15 is 0 Å². The molecule has 3 aromatic heterocycles. The second kappa shape index (κ2) is 9.68. The summed E-state index contributed by atoms with van der Waals surface area (Å²) in [6.07, 6.45) is 0.209. The van der Waals surface area contributed by atoms with E-state index in [-0.39, 0.29) is 23.2 Å². The lowest BCUT2D eigenvalue weighted by Gasteiger charge is -2.22. The molecule has 0 fully saturated rings. The van der Waals surface area contributed by atoms with Crippen molar-refractivity contribution in [1.29, 1.82) is 0 Å². The number of H-pyrrole nitrogens is 1. The quantitative estimate of drug-likeness (QED) is 0.367. The Morgan fingerprint density at radius 2 is 1.92 bits per heavy atom. The molecule has 0 bridgehead atoms. The molecular formula is C27H31N7O2S. The van der Waals surface area contributed by atoms with E-state index in [1.54, 1.807) is 6.07 Å². The van der Waals surface area contributed by atoms with Crippen LogP contribution in [0.4, 0.5) is 11.5 Å². The monoisotopic (exact) mass is 517 g/mol. The van der Waals surface area contributed by atoms with Crippen LogP contribution in [0.2, 0.25) is 0 Å². The Balaban J connectivity index is 1.34. The van der Waals surface area contributed by atoms with Crippen LogP contribution in [0.3, 0.4) is 0 Å². The van der Waals surface area contributed by atoms with Gasteiger partial charge in [0.2, 0.25) is 0 Å². The molecule has 0 unspecified atom stereocenters. The van der Waals surface area contributed by atoms with Gasteiger partial charge < -0.3 is 5.32 Å². The molecule has 10 heteroatoms. The fourth-order valence-electron chi connectivity index (χ4n) is 4.32. The van der Waals surface area contributed by atoms with Gasteiger partial charge in [0.05, 0.1) is 24.4 Å². The number of nitrogens with one attached hydrogen (secondary N) is 2. The van der Waals surface area contributed by atoms with Gasteiger partial charge in [0.25, 0.3) is 5.56 Å². The number of hydrogen-bond donors (Lipinski definition) is 2. The highest BCUT2D eigenvalue weighted by Gasteiger charge is 2.19. The Hall–Kier alpha value is -3.63. The number of benzene rings is 1. The number of aryl methyl sites for hydroxylation is 1. The highest BCUT2D eigenvalue weighted by molar-refractivity contribution is 7.15. The van der Waals surface area contributed by atoms with Crippen molar-refractivity contribution in [3.8, 4) is 10.7 Å². The number of aromatic nitrogens is 5. The van der Waals surface area contributed by atoms with Gasteiger partial charge in [-0.25, -0.2) is 10.1 Å². The van der Waals surface area contributed by atoms with E-state index in [2.05, 4.69) is 53.3 Å². The van der Waals surface area contributed by atoms with Crippen molar-refractivity contribution in [2.45, 2.75) is 52.6 Å². The van der Waals surface area contributed by atoms with Crippen LogP contribution < -0.4 is 10.9 Å². The van der Waals surface area contributed by atoms with Gasteiger partial charge in [-0.05, 0) is 31.0 Å². The Morgan fingerprint density at radius 1 is 1.16 bits per heavy atom. The van der Waals surface area contributed by atoms with Gasteiger partial charge in [-0.2, -0.15) is 10.2 Å². The van der Waals surface area contributed by atoms with E-state index < -0.39 is 0 Å². The van der Waals surface area contributed by atoms with Crippen molar-refractivity contribution in [2.24, 2.45) is 0 Å². The molecule has 0 aliphatic carbocycles. The van der Waals surface area contributed by atoms with Crippen molar-refractivity contribution in [2.75, 3.05) is 18.9 Å². The predicted molar refractivity (Wildman–Crippen MR) is 146 cm³/mol. The van der Waals surface area contributed by atoms with Gasteiger partial charge in [-0.15, -0.1) is 11.3 Å². The zero-order valence-electron chi connectivity index (χ0n) is 21.8. The van der Waals surface area contributed by atoms with Crippen LogP contribution in [-0.4, -0.2) is 49.2 Å². The average molecular weight is 518 g/mol. The number of anilines is 2. The summed E-state index contributed by atoms with van der Waals surface area (Å²) in [6, 6.07) is 11.4. The highest BCUT2D eigenvalue weighted by Crippen LogP contribution is 2.29. The summed E-state index contributed by atoms with van der Waals surface area (Å²) in [7, 11) is 2.07. The maximum absolute atomic E-state index is 13.0. The van der Waals surface area contributed by atoms with E-state index in [0.717, 1.165) is 35.9 Å². The molecule has 37 heavy (non-hydrogen) atoms. The zero-order valence-corrected chi connectivity index (χ0v) is 22.6.